The van der Waals surface area contributed by atoms with Crippen molar-refractivity contribution in [1.29, 1.82) is 0 Å². The van der Waals surface area contributed by atoms with E-state index in [1.54, 1.807) is 39.0 Å². The minimum Gasteiger partial charge on any atom is -0.453 e. The number of imidazole rings is 1. The number of nitrogens with one attached hydrogen (secondary N) is 3. The molecule has 40 heavy (non-hydrogen) atoms. The van der Waals surface area contributed by atoms with E-state index in [9.17, 15) is 14.4 Å². The predicted octanol–water partition coefficient (Wildman–Crippen LogP) is 5.95. The number of carbonyl (C=O) groups is 3. The van der Waals surface area contributed by atoms with E-state index in [1.807, 2.05) is 10.8 Å². The summed E-state index contributed by atoms with van der Waals surface area (Å²) in [5, 5.41) is 8.28. The van der Waals surface area contributed by atoms with Crippen LogP contribution in [0.4, 0.5) is 25.8 Å². The monoisotopic (exact) mass is 575 g/mol. The van der Waals surface area contributed by atoms with Crippen LogP contribution in [0.3, 0.4) is 0 Å². The zero-order valence-corrected chi connectivity index (χ0v) is 25.4. The third kappa shape index (κ3) is 9.56. The van der Waals surface area contributed by atoms with E-state index in [2.05, 4.69) is 40.3 Å². The van der Waals surface area contributed by atoms with Gasteiger partial charge in [0.05, 0.1) is 31.1 Å². The summed E-state index contributed by atoms with van der Waals surface area (Å²) in [6, 6.07) is 5.48. The molecule has 2 heterocycles. The van der Waals surface area contributed by atoms with Gasteiger partial charge in [-0.25, -0.2) is 19.4 Å². The molecule has 0 fully saturated rings. The molecule has 0 spiro atoms. The number of aromatic nitrogens is 2. The van der Waals surface area contributed by atoms with Crippen LogP contribution in [0, 0.1) is 0 Å². The van der Waals surface area contributed by atoms with Crippen LogP contribution >= 0.6 is 0 Å². The zero-order chi connectivity index (χ0) is 29.5. The quantitative estimate of drug-likeness (QED) is 0.209. The first kappa shape index (κ1) is 31.0. The fourth-order valence-electron chi connectivity index (χ4n) is 3.91. The minimum absolute atomic E-state index is 0.119. The molecule has 2 aromatic rings. The number of cyclic esters (lactones) is 1. The summed E-state index contributed by atoms with van der Waals surface area (Å²) in [6.07, 6.45) is 0.871. The number of alkyl carbamates (subject to hydrolysis) is 1. The molecular formula is C27H41N5O7Si. The van der Waals surface area contributed by atoms with Crippen LogP contribution in [0.5, 0.6) is 0 Å². The van der Waals surface area contributed by atoms with Crippen molar-refractivity contribution in [1.82, 2.24) is 14.9 Å². The van der Waals surface area contributed by atoms with E-state index < -0.39 is 38.0 Å². The van der Waals surface area contributed by atoms with E-state index in [0.29, 0.717) is 47.9 Å². The highest BCUT2D eigenvalue weighted by atomic mass is 28.3. The van der Waals surface area contributed by atoms with Gasteiger partial charge < -0.3 is 28.8 Å². The number of fused-ring (bicyclic) bond motifs is 4. The summed E-state index contributed by atoms with van der Waals surface area (Å²) in [5.74, 6) is 0.587. The Morgan fingerprint density at radius 3 is 2.65 bits per heavy atom. The first-order chi connectivity index (χ1) is 18.7. The molecule has 0 saturated carbocycles. The Balaban J connectivity index is 2.03. The number of ether oxygens (including phenoxy) is 4. The van der Waals surface area contributed by atoms with E-state index in [-0.39, 0.29) is 13.3 Å². The van der Waals surface area contributed by atoms with Crippen molar-refractivity contribution < 1.29 is 33.3 Å². The van der Waals surface area contributed by atoms with Crippen molar-refractivity contribution >= 4 is 37.7 Å². The number of carbonyl (C=O) groups excluding carboxylic acids is 3. The molecule has 220 valence electrons. The third-order valence-electron chi connectivity index (χ3n) is 5.87. The molecule has 1 unspecified atom stereocenters. The normalized spacial score (nSPS) is 15.9. The second kappa shape index (κ2) is 13.2. The Labute approximate surface area is 236 Å². The summed E-state index contributed by atoms with van der Waals surface area (Å²) in [6.45, 7) is 13.2. The van der Waals surface area contributed by atoms with Crippen LogP contribution in [0.2, 0.25) is 25.7 Å². The van der Waals surface area contributed by atoms with Crippen molar-refractivity contribution in [3.63, 3.8) is 0 Å². The Morgan fingerprint density at radius 1 is 1.23 bits per heavy atom. The summed E-state index contributed by atoms with van der Waals surface area (Å²) in [7, 11) is -0.0247. The lowest BCUT2D eigenvalue weighted by molar-refractivity contribution is 0.0484. The number of benzene rings is 1. The summed E-state index contributed by atoms with van der Waals surface area (Å²) < 4.78 is 23.5. The van der Waals surface area contributed by atoms with Crippen LogP contribution in [0.1, 0.15) is 45.5 Å². The van der Waals surface area contributed by atoms with Crippen molar-refractivity contribution in [3.05, 3.63) is 30.2 Å². The molecule has 1 aliphatic rings. The summed E-state index contributed by atoms with van der Waals surface area (Å²) in [4.78, 5) is 42.0. The Bertz CT molecular complexity index is 1200. The maximum atomic E-state index is 12.8. The first-order valence-electron chi connectivity index (χ1n) is 13.3. The predicted molar refractivity (Wildman–Crippen MR) is 154 cm³/mol. The van der Waals surface area contributed by atoms with Crippen molar-refractivity contribution in [3.8, 4) is 11.3 Å². The van der Waals surface area contributed by atoms with Gasteiger partial charge in [-0.2, -0.15) is 0 Å². The molecule has 0 saturated heterocycles. The second-order valence-electron chi connectivity index (χ2n) is 11.8. The molecule has 3 amide bonds. The fourth-order valence-corrected chi connectivity index (χ4v) is 4.67. The van der Waals surface area contributed by atoms with Crippen molar-refractivity contribution in [2.24, 2.45) is 0 Å². The summed E-state index contributed by atoms with van der Waals surface area (Å²) >= 11 is 0. The highest BCUT2D eigenvalue weighted by Gasteiger charge is 2.26. The molecular weight excluding hydrogens is 534 g/mol. The van der Waals surface area contributed by atoms with Gasteiger partial charge in [-0.1, -0.05) is 19.6 Å². The average molecular weight is 576 g/mol. The smallest absolute Gasteiger partial charge is 0.411 e. The van der Waals surface area contributed by atoms with Gasteiger partial charge >= 0.3 is 18.3 Å². The van der Waals surface area contributed by atoms with Gasteiger partial charge in [0.25, 0.3) is 0 Å². The van der Waals surface area contributed by atoms with Gasteiger partial charge in [0, 0.05) is 32.1 Å². The van der Waals surface area contributed by atoms with Gasteiger partial charge in [-0.05, 0) is 57.9 Å². The van der Waals surface area contributed by atoms with Crippen LogP contribution in [-0.2, 0) is 25.7 Å². The highest BCUT2D eigenvalue weighted by molar-refractivity contribution is 6.76. The maximum Gasteiger partial charge on any atom is 0.411 e. The highest BCUT2D eigenvalue weighted by Crippen LogP contribution is 2.33. The molecule has 1 atom stereocenters. The second-order valence-corrected chi connectivity index (χ2v) is 17.4. The average Bonchev–Trinajstić information content (AvgIpc) is 3.25. The Morgan fingerprint density at radius 2 is 1.98 bits per heavy atom. The largest absolute Gasteiger partial charge is 0.453 e. The molecule has 3 N–H and O–H groups in total. The van der Waals surface area contributed by atoms with Crippen molar-refractivity contribution in [2.75, 3.05) is 31.0 Å². The molecule has 3 rings (SSSR count). The number of nitrogens with zero attached hydrogens (tertiary/aromatic N) is 2. The van der Waals surface area contributed by atoms with E-state index in [0.717, 1.165) is 6.04 Å². The van der Waals surface area contributed by atoms with Crippen LogP contribution in [0.25, 0.3) is 11.3 Å². The van der Waals surface area contributed by atoms with Crippen LogP contribution in [-0.4, -0.2) is 61.8 Å². The van der Waals surface area contributed by atoms with Gasteiger partial charge in [0.2, 0.25) is 0 Å². The number of hydrogen-bond donors (Lipinski definition) is 3. The van der Waals surface area contributed by atoms with Crippen LogP contribution < -0.4 is 16.0 Å². The summed E-state index contributed by atoms with van der Waals surface area (Å²) in [5.41, 5.74) is 1.25. The molecule has 0 aliphatic carbocycles. The standard InChI is InChI=1S/C27H41N5O7Si/c1-27(2,3)39-26(35)30-20-9-8-12-38-25(34)31-21-15-18(28-24(33)36-4)10-11-19(21)22-16-32(23(20)29-22)17-37-13-14-40(5,6)7/h10-11,15-16,20H,8-9,12-14,17H2,1-7H3,(H,28,33)(H,30,35)(H,31,34). The maximum absolute atomic E-state index is 12.8. The van der Waals surface area contributed by atoms with Gasteiger partial charge in [-0.15, -0.1) is 0 Å². The lowest BCUT2D eigenvalue weighted by atomic mass is 10.1. The molecule has 12 nitrogen and oxygen atoms in total. The van der Waals surface area contributed by atoms with E-state index in [1.165, 1.54) is 7.11 Å². The Hall–Kier alpha value is -3.58. The lowest BCUT2D eigenvalue weighted by Gasteiger charge is -2.24. The van der Waals surface area contributed by atoms with Gasteiger partial charge in [-0.3, -0.25) is 10.6 Å². The number of methoxy groups -OCH3 is 1. The number of amides is 3. The van der Waals surface area contributed by atoms with Gasteiger partial charge in [0.1, 0.15) is 18.2 Å². The fraction of sp³-hybridized carbons (Fsp3) is 0.556. The molecule has 13 heteroatoms. The van der Waals surface area contributed by atoms with E-state index in [4.69, 9.17) is 19.2 Å². The number of rotatable bonds is 7. The minimum atomic E-state index is -1.29. The molecule has 0 radical (unpaired) electrons. The first-order valence-corrected chi connectivity index (χ1v) is 17.0. The molecule has 1 aliphatic heterocycles. The van der Waals surface area contributed by atoms with Gasteiger partial charge in [0.15, 0.2) is 0 Å². The molecule has 1 aromatic heterocycles. The lowest BCUT2D eigenvalue weighted by Crippen LogP contribution is -2.36. The number of anilines is 2. The van der Waals surface area contributed by atoms with E-state index >= 15 is 0 Å². The number of hydrogen-bond acceptors (Lipinski definition) is 8. The molecule has 1 aromatic carbocycles. The van der Waals surface area contributed by atoms with Crippen LogP contribution in [0.15, 0.2) is 24.4 Å². The van der Waals surface area contributed by atoms with Crippen molar-refractivity contribution in [2.45, 2.75) is 77.7 Å². The SMILES string of the molecule is COC(=O)Nc1ccc2c(c1)NC(=O)OCCCC(NC(=O)OC(C)(C)C)c1nc-2cn1COCC[Si](C)(C)C. The third-order valence-corrected chi connectivity index (χ3v) is 7.58. The zero-order valence-electron chi connectivity index (χ0n) is 24.4. The Kier molecular flexibility index (Phi) is 10.2. The molecule has 2 bridgehead atoms. The topological polar surface area (TPSA) is 142 Å².